The summed E-state index contributed by atoms with van der Waals surface area (Å²) >= 11 is 0. The van der Waals surface area contributed by atoms with Gasteiger partial charge < -0.3 is 16.2 Å². The van der Waals surface area contributed by atoms with Gasteiger partial charge in [-0.05, 0) is 69.4 Å². The molecular formula is C24H33N3O3. The number of Topliss-reactive ketones (excluding diaryl/α,β-unsaturated/α-hetero) is 1. The van der Waals surface area contributed by atoms with Crippen LogP contribution in [-0.2, 0) is 9.53 Å². The van der Waals surface area contributed by atoms with Crippen LogP contribution in [0.15, 0.2) is 70.7 Å². The number of carbonyl (C=O) groups excluding carboxylic acids is 2. The monoisotopic (exact) mass is 411 g/mol. The number of rotatable bonds is 8. The first-order chi connectivity index (χ1) is 14.1. The van der Waals surface area contributed by atoms with Crippen molar-refractivity contribution in [3.05, 3.63) is 81.9 Å². The molecule has 0 aromatic heterocycles. The van der Waals surface area contributed by atoms with Gasteiger partial charge in [-0.3, -0.25) is 10.1 Å². The number of alkyl carbamates (subject to hydrolysis) is 1. The molecule has 0 spiro atoms. The van der Waals surface area contributed by atoms with Crippen molar-refractivity contribution >= 4 is 11.9 Å². The molecule has 6 heteroatoms. The number of nitrogens with one attached hydrogen (secondary N) is 1. The van der Waals surface area contributed by atoms with E-state index in [1.165, 1.54) is 0 Å². The van der Waals surface area contributed by atoms with Gasteiger partial charge >= 0.3 is 6.09 Å². The van der Waals surface area contributed by atoms with Crippen LogP contribution < -0.4 is 16.8 Å². The number of carbonyl (C=O) groups is 2. The maximum absolute atomic E-state index is 12.8. The fourth-order valence-electron chi connectivity index (χ4n) is 2.78. The number of ketones is 1. The highest BCUT2D eigenvalue weighted by atomic mass is 16.6. The molecule has 0 saturated heterocycles. The summed E-state index contributed by atoms with van der Waals surface area (Å²) in [6, 6.07) is 7.63. The minimum atomic E-state index is -0.747. The van der Waals surface area contributed by atoms with E-state index in [1.807, 2.05) is 51.1 Å². The molecule has 0 aliphatic rings. The molecule has 0 saturated carbocycles. The van der Waals surface area contributed by atoms with Crippen molar-refractivity contribution < 1.29 is 14.3 Å². The Hall–Kier alpha value is -3.28. The van der Waals surface area contributed by atoms with Gasteiger partial charge in [-0.1, -0.05) is 43.3 Å². The predicted octanol–water partition coefficient (Wildman–Crippen LogP) is 4.69. The third-order valence-corrected chi connectivity index (χ3v) is 4.60. The number of nitrogens with two attached hydrogens (primary N) is 2. The first-order valence-electron chi connectivity index (χ1n) is 9.93. The minimum Gasteiger partial charge on any atom is -0.441 e. The van der Waals surface area contributed by atoms with E-state index in [1.54, 1.807) is 32.9 Å². The van der Waals surface area contributed by atoms with Crippen molar-refractivity contribution in [3.63, 3.8) is 0 Å². The Labute approximate surface area is 179 Å². The molecule has 30 heavy (non-hydrogen) atoms. The number of aryl methyl sites for hydroxylation is 1. The van der Waals surface area contributed by atoms with Gasteiger partial charge in [0.1, 0.15) is 11.8 Å². The van der Waals surface area contributed by atoms with E-state index in [4.69, 9.17) is 16.2 Å². The Balaban J connectivity index is 2.93. The second kappa shape index (κ2) is 11.7. The Morgan fingerprint density at radius 2 is 1.73 bits per heavy atom. The molecule has 1 unspecified atom stereocenters. The highest BCUT2D eigenvalue weighted by Gasteiger charge is 2.20. The molecule has 0 aliphatic heterocycles. The van der Waals surface area contributed by atoms with Crippen LogP contribution in [0.3, 0.4) is 0 Å². The normalized spacial score (nSPS) is 14.7. The molecule has 6 nitrogen and oxygen atoms in total. The molecule has 0 radical (unpaired) electrons. The second-order valence-electron chi connectivity index (χ2n) is 7.18. The van der Waals surface area contributed by atoms with Crippen LogP contribution >= 0.6 is 0 Å². The summed E-state index contributed by atoms with van der Waals surface area (Å²) in [5.74, 6) is -0.406. The van der Waals surface area contributed by atoms with Crippen molar-refractivity contribution in [2.45, 2.75) is 54.1 Å². The van der Waals surface area contributed by atoms with Gasteiger partial charge in [0.05, 0.1) is 0 Å². The highest BCUT2D eigenvalue weighted by molar-refractivity contribution is 6.09. The molecule has 0 fully saturated rings. The summed E-state index contributed by atoms with van der Waals surface area (Å²) in [5.41, 5.74) is 15.8. The van der Waals surface area contributed by atoms with Crippen molar-refractivity contribution in [3.8, 4) is 0 Å². The molecule has 0 aliphatic carbocycles. The Kier molecular flexibility index (Phi) is 9.62. The van der Waals surface area contributed by atoms with Gasteiger partial charge in [-0.25, -0.2) is 4.79 Å². The number of hydrogen-bond donors (Lipinski definition) is 3. The zero-order valence-corrected chi connectivity index (χ0v) is 18.7. The van der Waals surface area contributed by atoms with E-state index in [0.717, 1.165) is 23.1 Å². The molecule has 1 aromatic carbocycles. The topological polar surface area (TPSA) is 107 Å². The summed E-state index contributed by atoms with van der Waals surface area (Å²) in [6.45, 7) is 10.8. The lowest BCUT2D eigenvalue weighted by Gasteiger charge is -2.17. The van der Waals surface area contributed by atoms with Crippen molar-refractivity contribution in [2.75, 3.05) is 0 Å². The van der Waals surface area contributed by atoms with E-state index in [0.29, 0.717) is 11.3 Å². The van der Waals surface area contributed by atoms with Crippen LogP contribution in [-0.4, -0.2) is 11.9 Å². The Morgan fingerprint density at radius 1 is 1.10 bits per heavy atom. The van der Waals surface area contributed by atoms with Crippen LogP contribution in [0.4, 0.5) is 4.79 Å². The highest BCUT2D eigenvalue weighted by Crippen LogP contribution is 2.20. The van der Waals surface area contributed by atoms with Gasteiger partial charge in [0.2, 0.25) is 5.78 Å². The average Bonchev–Trinajstić information content (AvgIpc) is 2.69. The second-order valence-corrected chi connectivity index (χ2v) is 7.18. The maximum Gasteiger partial charge on any atom is 0.412 e. The molecule has 162 valence electrons. The SMILES string of the molecule is CC/C=C(C)/C(N)=C\C=C(/C)C(=O)/C(NC(=O)OC(C)c1ccccc1C)=C(/C)N. The van der Waals surface area contributed by atoms with Gasteiger partial charge in [-0.15, -0.1) is 0 Å². The van der Waals surface area contributed by atoms with Gasteiger partial charge in [0, 0.05) is 11.4 Å². The quantitative estimate of drug-likeness (QED) is 0.425. The third-order valence-electron chi connectivity index (χ3n) is 4.60. The molecule has 0 heterocycles. The number of hydrogen-bond acceptors (Lipinski definition) is 5. The minimum absolute atomic E-state index is 0.0153. The van der Waals surface area contributed by atoms with Gasteiger partial charge in [0.25, 0.3) is 0 Å². The fraction of sp³-hybridized carbons (Fsp3) is 0.333. The number of benzene rings is 1. The first-order valence-corrected chi connectivity index (χ1v) is 9.93. The number of amides is 1. The molecule has 5 N–H and O–H groups in total. The standard InChI is InChI=1S/C24H33N3O3/c1-7-10-16(3)21(26)14-13-17(4)23(28)22(18(5)25)27-24(29)30-19(6)20-12-9-8-11-15(20)2/h8-14,19H,7,25-26H2,1-6H3,(H,27,29)/b16-10+,17-13+,21-14+,22-18+. The lowest BCUT2D eigenvalue weighted by molar-refractivity contribution is -0.112. The van der Waals surface area contributed by atoms with Crippen LogP contribution in [0.1, 0.15) is 58.3 Å². The van der Waals surface area contributed by atoms with E-state index >= 15 is 0 Å². The van der Waals surface area contributed by atoms with E-state index in [-0.39, 0.29) is 11.4 Å². The summed E-state index contributed by atoms with van der Waals surface area (Å²) in [6.07, 6.45) is 4.91. The van der Waals surface area contributed by atoms with Gasteiger partial charge in [0.15, 0.2) is 0 Å². The zero-order chi connectivity index (χ0) is 22.8. The van der Waals surface area contributed by atoms with Gasteiger partial charge in [-0.2, -0.15) is 0 Å². The van der Waals surface area contributed by atoms with Crippen LogP contribution in [0.5, 0.6) is 0 Å². The molecule has 1 aromatic rings. The van der Waals surface area contributed by atoms with E-state index in [2.05, 4.69) is 5.32 Å². The lowest BCUT2D eigenvalue weighted by Crippen LogP contribution is -2.31. The molecule has 1 amide bonds. The van der Waals surface area contributed by atoms with E-state index in [9.17, 15) is 9.59 Å². The Bertz CT molecular complexity index is 904. The molecule has 1 rings (SSSR count). The first kappa shape index (κ1) is 24.8. The zero-order valence-electron chi connectivity index (χ0n) is 18.7. The predicted molar refractivity (Wildman–Crippen MR) is 121 cm³/mol. The summed E-state index contributed by atoms with van der Waals surface area (Å²) < 4.78 is 5.43. The molecule has 0 bridgehead atoms. The Morgan fingerprint density at radius 3 is 2.30 bits per heavy atom. The van der Waals surface area contributed by atoms with Crippen LogP contribution in [0.25, 0.3) is 0 Å². The maximum atomic E-state index is 12.8. The van der Waals surface area contributed by atoms with Crippen LogP contribution in [0.2, 0.25) is 0 Å². The summed E-state index contributed by atoms with van der Waals surface area (Å²) in [5, 5.41) is 2.49. The number of allylic oxidation sites excluding steroid dienone is 6. The molecular weight excluding hydrogens is 378 g/mol. The number of ether oxygens (including phenoxy) is 1. The summed E-state index contributed by atoms with van der Waals surface area (Å²) in [7, 11) is 0. The smallest absolute Gasteiger partial charge is 0.412 e. The third kappa shape index (κ3) is 7.28. The van der Waals surface area contributed by atoms with Crippen molar-refractivity contribution in [2.24, 2.45) is 11.5 Å². The van der Waals surface area contributed by atoms with E-state index < -0.39 is 18.0 Å². The average molecular weight is 412 g/mol. The van der Waals surface area contributed by atoms with Crippen LogP contribution in [0, 0.1) is 6.92 Å². The fourth-order valence-corrected chi connectivity index (χ4v) is 2.78. The van der Waals surface area contributed by atoms with Crippen molar-refractivity contribution in [1.82, 2.24) is 5.32 Å². The van der Waals surface area contributed by atoms with Crippen molar-refractivity contribution in [1.29, 1.82) is 0 Å². The largest absolute Gasteiger partial charge is 0.441 e. The summed E-state index contributed by atoms with van der Waals surface area (Å²) in [4.78, 5) is 25.2. The molecule has 1 atom stereocenters. The lowest BCUT2D eigenvalue weighted by atomic mass is 10.0.